The number of benzene rings is 2. The summed E-state index contributed by atoms with van der Waals surface area (Å²) in [7, 11) is 1.32. The molecule has 10 heteroatoms. The van der Waals surface area contributed by atoms with Gasteiger partial charge in [0.2, 0.25) is 5.91 Å². The van der Waals surface area contributed by atoms with Crippen LogP contribution in [-0.2, 0) is 22.4 Å². The number of nitrogens with zero attached hydrogens (tertiary/aromatic N) is 2. The van der Waals surface area contributed by atoms with Gasteiger partial charge in [-0.25, -0.2) is 9.78 Å². The molecule has 1 aliphatic carbocycles. The third kappa shape index (κ3) is 5.10. The average Bonchev–Trinajstić information content (AvgIpc) is 3.58. The molecule has 5 aromatic rings. The molecule has 1 N–H and O–H groups in total. The highest BCUT2D eigenvalue weighted by molar-refractivity contribution is 7.99. The fourth-order valence-corrected chi connectivity index (χ4v) is 8.05. The van der Waals surface area contributed by atoms with Gasteiger partial charge in [-0.3, -0.25) is 14.2 Å². The largest absolute Gasteiger partial charge is 0.465 e. The lowest BCUT2D eigenvalue weighted by atomic mass is 9.97. The molecule has 40 heavy (non-hydrogen) atoms. The first-order valence-corrected chi connectivity index (χ1v) is 15.5. The average molecular weight is 588 g/mol. The van der Waals surface area contributed by atoms with Crippen LogP contribution in [0.1, 0.15) is 33.6 Å². The minimum Gasteiger partial charge on any atom is -0.465 e. The second-order valence-corrected chi connectivity index (χ2v) is 12.4. The van der Waals surface area contributed by atoms with Gasteiger partial charge in [-0.05, 0) is 55.0 Å². The van der Waals surface area contributed by atoms with Gasteiger partial charge >= 0.3 is 5.97 Å². The molecule has 1 amide bonds. The second-order valence-electron chi connectivity index (χ2n) is 9.31. The summed E-state index contributed by atoms with van der Waals surface area (Å²) in [4.78, 5) is 47.2. The Bertz CT molecular complexity index is 1780. The number of carbonyl (C=O) groups is 2. The van der Waals surface area contributed by atoms with Crippen molar-refractivity contribution >= 4 is 61.5 Å². The van der Waals surface area contributed by atoms with E-state index in [0.717, 1.165) is 46.5 Å². The van der Waals surface area contributed by atoms with Crippen LogP contribution in [0.4, 0.5) is 5.00 Å². The molecule has 0 unspecified atom stereocenters. The highest BCUT2D eigenvalue weighted by Gasteiger charge is 2.24. The molecule has 3 heterocycles. The van der Waals surface area contributed by atoms with Crippen molar-refractivity contribution in [1.29, 1.82) is 0 Å². The number of carbonyl (C=O) groups excluding carboxylic acids is 2. The highest BCUT2D eigenvalue weighted by Crippen LogP contribution is 2.37. The van der Waals surface area contributed by atoms with Crippen LogP contribution in [-0.4, -0.2) is 34.3 Å². The molecular weight excluding hydrogens is 563 g/mol. The van der Waals surface area contributed by atoms with E-state index in [1.54, 1.807) is 22.0 Å². The number of anilines is 1. The molecule has 0 fully saturated rings. The van der Waals surface area contributed by atoms with Crippen LogP contribution in [0.2, 0.25) is 0 Å². The quantitative estimate of drug-likeness (QED) is 0.132. The van der Waals surface area contributed by atoms with Crippen molar-refractivity contribution in [1.82, 2.24) is 9.55 Å². The minimum atomic E-state index is -0.520. The van der Waals surface area contributed by atoms with Gasteiger partial charge in [0.25, 0.3) is 5.56 Å². The molecule has 0 saturated heterocycles. The molecule has 0 saturated carbocycles. The van der Waals surface area contributed by atoms with Crippen LogP contribution in [0.25, 0.3) is 26.3 Å². The minimum absolute atomic E-state index is 0.00898. The third-order valence-electron chi connectivity index (χ3n) is 6.75. The van der Waals surface area contributed by atoms with Gasteiger partial charge in [-0.2, -0.15) is 0 Å². The number of hydrogen-bond donors (Lipinski definition) is 1. The van der Waals surface area contributed by atoms with Crippen LogP contribution in [0, 0.1) is 0 Å². The number of fused-ring (bicyclic) bond motifs is 3. The Morgan fingerprint density at radius 3 is 2.50 bits per heavy atom. The van der Waals surface area contributed by atoms with Crippen molar-refractivity contribution in [3.05, 3.63) is 93.1 Å². The number of thiophene rings is 2. The van der Waals surface area contributed by atoms with E-state index in [0.29, 0.717) is 26.8 Å². The number of rotatable bonds is 7. The van der Waals surface area contributed by atoms with Gasteiger partial charge < -0.3 is 10.1 Å². The van der Waals surface area contributed by atoms with Crippen LogP contribution in [0.3, 0.4) is 0 Å². The number of esters is 1. The lowest BCUT2D eigenvalue weighted by molar-refractivity contribution is -0.113. The van der Waals surface area contributed by atoms with Crippen molar-refractivity contribution < 1.29 is 14.3 Å². The zero-order valence-electron chi connectivity index (χ0n) is 21.6. The van der Waals surface area contributed by atoms with Gasteiger partial charge in [0.05, 0.1) is 29.5 Å². The molecular formula is C30H25N3O4S3. The predicted molar refractivity (Wildman–Crippen MR) is 162 cm³/mol. The lowest BCUT2D eigenvalue weighted by Crippen LogP contribution is -2.23. The van der Waals surface area contributed by atoms with Gasteiger partial charge in [0.1, 0.15) is 9.83 Å². The first-order chi connectivity index (χ1) is 19.5. The predicted octanol–water partition coefficient (Wildman–Crippen LogP) is 6.57. The van der Waals surface area contributed by atoms with Crippen molar-refractivity contribution in [3.63, 3.8) is 0 Å². The highest BCUT2D eigenvalue weighted by atomic mass is 32.2. The maximum Gasteiger partial charge on any atom is 0.340 e. The van der Waals surface area contributed by atoms with Crippen LogP contribution in [0.15, 0.2) is 76.7 Å². The maximum atomic E-state index is 13.9. The van der Waals surface area contributed by atoms with E-state index < -0.39 is 5.97 Å². The second kappa shape index (κ2) is 11.4. The first kappa shape index (κ1) is 26.5. The van der Waals surface area contributed by atoms with E-state index in [9.17, 15) is 14.4 Å². The number of para-hydroxylation sites is 1. The standard InChI is InChI=1S/C30H25N3O4S3/c1-37-29(36)21-16-23(18-10-4-2-5-11-18)40-26(21)31-24(34)17-38-30-32-27-25(20-14-8-9-15-22(20)39-27)28(35)33(30)19-12-6-3-7-13-19/h2-7,10-13,16H,8-9,14-15,17H2,1H3,(H,31,34). The number of aromatic nitrogens is 2. The molecule has 7 nitrogen and oxygen atoms in total. The number of thioether (sulfide) groups is 1. The zero-order chi connectivity index (χ0) is 27.6. The fourth-order valence-electron chi connectivity index (χ4n) is 4.87. The summed E-state index contributed by atoms with van der Waals surface area (Å²) in [6.45, 7) is 0. The van der Waals surface area contributed by atoms with Crippen LogP contribution >= 0.6 is 34.4 Å². The monoisotopic (exact) mass is 587 g/mol. The van der Waals surface area contributed by atoms with Gasteiger partial charge in [0.15, 0.2) is 5.16 Å². The number of nitrogens with one attached hydrogen (secondary N) is 1. The van der Waals surface area contributed by atoms with Crippen LogP contribution < -0.4 is 10.9 Å². The van der Waals surface area contributed by atoms with Gasteiger partial charge in [0, 0.05) is 9.75 Å². The van der Waals surface area contributed by atoms with E-state index in [2.05, 4.69) is 5.32 Å². The Kier molecular flexibility index (Phi) is 7.55. The van der Waals surface area contributed by atoms with Crippen LogP contribution in [0.5, 0.6) is 0 Å². The normalized spacial score (nSPS) is 12.7. The number of ether oxygens (including phenoxy) is 1. The topological polar surface area (TPSA) is 90.3 Å². The van der Waals surface area contributed by atoms with Gasteiger partial charge in [-0.1, -0.05) is 60.3 Å². The molecule has 3 aromatic heterocycles. The summed E-state index contributed by atoms with van der Waals surface area (Å²) in [5.41, 5.74) is 2.98. The Balaban J connectivity index is 1.31. The molecule has 0 spiro atoms. The molecule has 0 bridgehead atoms. The smallest absolute Gasteiger partial charge is 0.340 e. The summed E-state index contributed by atoms with van der Waals surface area (Å²) in [6.07, 6.45) is 4.06. The summed E-state index contributed by atoms with van der Waals surface area (Å²) < 4.78 is 6.57. The van der Waals surface area contributed by atoms with Crippen molar-refractivity contribution in [2.75, 3.05) is 18.2 Å². The third-order valence-corrected chi connectivity index (χ3v) is 9.98. The van der Waals surface area contributed by atoms with Crippen molar-refractivity contribution in [2.24, 2.45) is 0 Å². The van der Waals surface area contributed by atoms with E-state index in [1.165, 1.54) is 35.1 Å². The van der Waals surface area contributed by atoms with E-state index >= 15 is 0 Å². The Morgan fingerprint density at radius 1 is 1.02 bits per heavy atom. The molecule has 6 rings (SSSR count). The zero-order valence-corrected chi connectivity index (χ0v) is 24.1. The van der Waals surface area contributed by atoms with E-state index in [-0.39, 0.29) is 17.2 Å². The Labute approximate surface area is 242 Å². The molecule has 2 aromatic carbocycles. The van der Waals surface area contributed by atoms with Crippen molar-refractivity contribution in [3.8, 4) is 16.1 Å². The van der Waals surface area contributed by atoms with E-state index in [1.807, 2.05) is 60.7 Å². The first-order valence-electron chi connectivity index (χ1n) is 12.9. The number of aryl methyl sites for hydroxylation is 2. The molecule has 1 aliphatic rings. The Hall–Kier alpha value is -3.73. The van der Waals surface area contributed by atoms with Gasteiger partial charge in [-0.15, -0.1) is 22.7 Å². The lowest BCUT2D eigenvalue weighted by Gasteiger charge is -2.13. The van der Waals surface area contributed by atoms with E-state index in [4.69, 9.17) is 9.72 Å². The fraction of sp³-hybridized carbons (Fsp3) is 0.200. The SMILES string of the molecule is COC(=O)c1cc(-c2ccccc2)sc1NC(=O)CSc1nc2sc3c(c2c(=O)n1-c1ccccc1)CCCC3. The molecule has 0 radical (unpaired) electrons. The molecule has 0 aliphatic heterocycles. The summed E-state index contributed by atoms with van der Waals surface area (Å²) >= 11 is 4.11. The maximum absolute atomic E-state index is 13.9. The summed E-state index contributed by atoms with van der Waals surface area (Å²) in [6, 6.07) is 20.8. The Morgan fingerprint density at radius 2 is 1.75 bits per heavy atom. The molecule has 0 atom stereocenters. The molecule has 202 valence electrons. The number of methoxy groups -OCH3 is 1. The van der Waals surface area contributed by atoms with Crippen molar-refractivity contribution in [2.45, 2.75) is 30.8 Å². The number of amides is 1. The number of hydrogen-bond acceptors (Lipinski definition) is 8. The summed E-state index contributed by atoms with van der Waals surface area (Å²) in [5.74, 6) is -0.821. The summed E-state index contributed by atoms with van der Waals surface area (Å²) in [5, 5.41) is 4.47.